The molecule has 0 atom stereocenters. The van der Waals surface area contributed by atoms with Crippen molar-refractivity contribution in [3.63, 3.8) is 0 Å². The van der Waals surface area contributed by atoms with Crippen LogP contribution in [0.2, 0.25) is 0 Å². The average Bonchev–Trinajstić information content (AvgIpc) is 2.90. The van der Waals surface area contributed by atoms with Crippen molar-refractivity contribution in [2.24, 2.45) is 0 Å². The Morgan fingerprint density at radius 1 is 1.27 bits per heavy atom. The van der Waals surface area contributed by atoms with Crippen LogP contribution in [0.15, 0.2) is 18.2 Å². The van der Waals surface area contributed by atoms with Crippen LogP contribution in [0.5, 0.6) is 5.75 Å². The zero-order chi connectivity index (χ0) is 11.1. The number of rotatable bonds is 2. The van der Waals surface area contributed by atoms with Crippen molar-refractivity contribution in [1.29, 1.82) is 0 Å². The summed E-state index contributed by atoms with van der Waals surface area (Å²) in [6.07, 6.45) is -2.65. The van der Waals surface area contributed by atoms with Crippen LogP contribution in [-0.2, 0) is 6.18 Å². The summed E-state index contributed by atoms with van der Waals surface area (Å²) in [7, 11) is 0. The van der Waals surface area contributed by atoms with Gasteiger partial charge < -0.3 is 4.74 Å². The van der Waals surface area contributed by atoms with E-state index in [4.69, 9.17) is 4.74 Å². The van der Waals surface area contributed by atoms with Gasteiger partial charge in [-0.1, -0.05) is 11.6 Å². The third-order valence-electron chi connectivity index (χ3n) is 2.26. The van der Waals surface area contributed by atoms with E-state index in [0.717, 1.165) is 18.9 Å². The lowest BCUT2D eigenvalue weighted by atomic mass is 10.1. The molecule has 1 aliphatic carbocycles. The van der Waals surface area contributed by atoms with E-state index in [1.165, 1.54) is 6.07 Å². The number of ether oxygens (including phenoxy) is 1. The maximum Gasteiger partial charge on any atom is 0.419 e. The molecule has 0 N–H and O–H groups in total. The fourth-order valence-corrected chi connectivity index (χ4v) is 1.33. The Morgan fingerprint density at radius 3 is 2.47 bits per heavy atom. The number of halogens is 3. The van der Waals surface area contributed by atoms with Gasteiger partial charge in [0.1, 0.15) is 5.75 Å². The summed E-state index contributed by atoms with van der Waals surface area (Å²) >= 11 is 0. The van der Waals surface area contributed by atoms with E-state index in [2.05, 4.69) is 0 Å². The van der Waals surface area contributed by atoms with E-state index < -0.39 is 11.7 Å². The molecule has 0 saturated heterocycles. The van der Waals surface area contributed by atoms with Crippen LogP contribution in [-0.4, -0.2) is 6.10 Å². The van der Waals surface area contributed by atoms with Gasteiger partial charge in [0.15, 0.2) is 0 Å². The first kappa shape index (κ1) is 10.3. The normalized spacial score (nSPS) is 16.5. The number of hydrogen-bond acceptors (Lipinski definition) is 1. The number of alkyl halides is 3. The van der Waals surface area contributed by atoms with Crippen molar-refractivity contribution < 1.29 is 17.9 Å². The van der Waals surface area contributed by atoms with Gasteiger partial charge in [0.2, 0.25) is 0 Å². The highest BCUT2D eigenvalue weighted by atomic mass is 19.4. The number of benzene rings is 1. The standard InChI is InChI=1S/C11H11F3O/c1-7-2-5-10(15-8-3-4-8)9(6-7)11(12,13)14/h2,5-6,8H,3-4H2,1H3. The molecule has 0 unspecified atom stereocenters. The zero-order valence-electron chi connectivity index (χ0n) is 8.27. The van der Waals surface area contributed by atoms with Crippen LogP contribution < -0.4 is 4.74 Å². The molecule has 0 heterocycles. The summed E-state index contributed by atoms with van der Waals surface area (Å²) in [5.41, 5.74) is -0.0835. The molecule has 0 spiro atoms. The first-order chi connectivity index (χ1) is 6.97. The maximum absolute atomic E-state index is 12.6. The van der Waals surface area contributed by atoms with Crippen LogP contribution in [0, 0.1) is 6.92 Å². The monoisotopic (exact) mass is 216 g/mol. The van der Waals surface area contributed by atoms with Gasteiger partial charge >= 0.3 is 6.18 Å². The lowest BCUT2D eigenvalue weighted by molar-refractivity contribution is -0.139. The molecule has 0 radical (unpaired) electrons. The minimum absolute atomic E-state index is 0.0196. The first-order valence-electron chi connectivity index (χ1n) is 4.81. The molecule has 2 rings (SSSR count). The van der Waals surface area contributed by atoms with Gasteiger partial charge in [0.05, 0.1) is 11.7 Å². The topological polar surface area (TPSA) is 9.23 Å². The summed E-state index contributed by atoms with van der Waals surface area (Å²) < 4.78 is 43.1. The highest BCUT2D eigenvalue weighted by molar-refractivity contribution is 5.39. The molecule has 82 valence electrons. The molecule has 4 heteroatoms. The largest absolute Gasteiger partial charge is 0.490 e. The van der Waals surface area contributed by atoms with Gasteiger partial charge in [0, 0.05) is 0 Å². The fraction of sp³-hybridized carbons (Fsp3) is 0.455. The Labute approximate surface area is 85.9 Å². The van der Waals surface area contributed by atoms with Crippen molar-refractivity contribution in [2.75, 3.05) is 0 Å². The molecule has 0 bridgehead atoms. The van der Waals surface area contributed by atoms with E-state index in [1.807, 2.05) is 0 Å². The molecular formula is C11H11F3O. The minimum Gasteiger partial charge on any atom is -0.490 e. The molecule has 15 heavy (non-hydrogen) atoms. The van der Waals surface area contributed by atoms with Crippen LogP contribution in [0.3, 0.4) is 0 Å². The summed E-state index contributed by atoms with van der Waals surface area (Å²) in [6, 6.07) is 4.15. The van der Waals surface area contributed by atoms with Crippen molar-refractivity contribution in [2.45, 2.75) is 32.0 Å². The van der Waals surface area contributed by atoms with Crippen molar-refractivity contribution in [3.05, 3.63) is 29.3 Å². The molecule has 1 nitrogen and oxygen atoms in total. The molecule has 1 aliphatic rings. The summed E-state index contributed by atoms with van der Waals surface area (Å²) in [5, 5.41) is 0. The molecule has 1 aromatic carbocycles. The Bertz CT molecular complexity index is 367. The number of hydrogen-bond donors (Lipinski definition) is 0. The van der Waals surface area contributed by atoms with E-state index in [1.54, 1.807) is 13.0 Å². The van der Waals surface area contributed by atoms with Crippen LogP contribution in [0.25, 0.3) is 0 Å². The molecule has 1 saturated carbocycles. The lowest BCUT2D eigenvalue weighted by Gasteiger charge is -2.14. The Kier molecular flexibility index (Phi) is 2.37. The van der Waals surface area contributed by atoms with Crippen molar-refractivity contribution in [3.8, 4) is 5.75 Å². The lowest BCUT2D eigenvalue weighted by Crippen LogP contribution is -2.09. The second-order valence-electron chi connectivity index (χ2n) is 3.81. The predicted octanol–water partition coefficient (Wildman–Crippen LogP) is 3.56. The quantitative estimate of drug-likeness (QED) is 0.734. The van der Waals surface area contributed by atoms with Gasteiger partial charge in [-0.3, -0.25) is 0 Å². The van der Waals surface area contributed by atoms with Crippen molar-refractivity contribution >= 4 is 0 Å². The van der Waals surface area contributed by atoms with Crippen molar-refractivity contribution in [1.82, 2.24) is 0 Å². The minimum atomic E-state index is -4.34. The highest BCUT2D eigenvalue weighted by Gasteiger charge is 2.36. The second kappa shape index (κ2) is 3.43. The maximum atomic E-state index is 12.6. The summed E-state index contributed by atoms with van der Waals surface area (Å²) in [4.78, 5) is 0. The molecule has 1 aromatic rings. The van der Waals surface area contributed by atoms with E-state index in [-0.39, 0.29) is 11.9 Å². The van der Waals surface area contributed by atoms with Crippen LogP contribution >= 0.6 is 0 Å². The van der Waals surface area contributed by atoms with Crippen LogP contribution in [0.1, 0.15) is 24.0 Å². The molecule has 1 fully saturated rings. The van der Waals surface area contributed by atoms with Gasteiger partial charge in [-0.05, 0) is 31.9 Å². The number of aryl methyl sites for hydroxylation is 1. The molecule has 0 aromatic heterocycles. The van der Waals surface area contributed by atoms with E-state index in [9.17, 15) is 13.2 Å². The third-order valence-corrected chi connectivity index (χ3v) is 2.26. The Hall–Kier alpha value is -1.19. The van der Waals surface area contributed by atoms with Crippen LogP contribution in [0.4, 0.5) is 13.2 Å². The molecule has 0 amide bonds. The average molecular weight is 216 g/mol. The van der Waals surface area contributed by atoms with E-state index >= 15 is 0 Å². The molecular weight excluding hydrogens is 205 g/mol. The summed E-state index contributed by atoms with van der Waals surface area (Å²) in [5.74, 6) is -0.0457. The Balaban J connectivity index is 2.34. The zero-order valence-corrected chi connectivity index (χ0v) is 8.27. The third kappa shape index (κ3) is 2.43. The SMILES string of the molecule is Cc1ccc(OC2CC2)c(C(F)(F)F)c1. The van der Waals surface area contributed by atoms with E-state index in [0.29, 0.717) is 5.56 Å². The van der Waals surface area contributed by atoms with Gasteiger partial charge in [-0.2, -0.15) is 13.2 Å². The van der Waals surface area contributed by atoms with Gasteiger partial charge in [0.25, 0.3) is 0 Å². The predicted molar refractivity (Wildman–Crippen MR) is 49.8 cm³/mol. The highest BCUT2D eigenvalue weighted by Crippen LogP contribution is 2.39. The smallest absolute Gasteiger partial charge is 0.419 e. The van der Waals surface area contributed by atoms with Gasteiger partial charge in [-0.15, -0.1) is 0 Å². The first-order valence-corrected chi connectivity index (χ1v) is 4.81. The fourth-order valence-electron chi connectivity index (χ4n) is 1.33. The van der Waals surface area contributed by atoms with Gasteiger partial charge in [-0.25, -0.2) is 0 Å². The Morgan fingerprint density at radius 2 is 1.93 bits per heavy atom. The molecule has 0 aliphatic heterocycles. The summed E-state index contributed by atoms with van der Waals surface area (Å²) in [6.45, 7) is 1.64. The second-order valence-corrected chi connectivity index (χ2v) is 3.81.